The number of hydrogen-bond acceptors (Lipinski definition) is 2. The molecule has 0 aromatic heterocycles. The van der Waals surface area contributed by atoms with Crippen LogP contribution < -0.4 is 11.1 Å². The van der Waals surface area contributed by atoms with Crippen molar-refractivity contribution in [3.05, 3.63) is 58.9 Å². The van der Waals surface area contributed by atoms with Crippen LogP contribution in [0.3, 0.4) is 0 Å². The van der Waals surface area contributed by atoms with Gasteiger partial charge in [0.15, 0.2) is 17.5 Å². The molecule has 0 aliphatic rings. The highest BCUT2D eigenvalue weighted by Gasteiger charge is 2.07. The van der Waals surface area contributed by atoms with Gasteiger partial charge in [0.05, 0.1) is 6.54 Å². The van der Waals surface area contributed by atoms with E-state index < -0.39 is 5.82 Å². The first kappa shape index (κ1) is 20.2. The van der Waals surface area contributed by atoms with Gasteiger partial charge in [0, 0.05) is 5.69 Å². The number of aliphatic imine (C=N–C) groups is 1. The third-order valence-corrected chi connectivity index (χ3v) is 3.70. The Hall–Kier alpha value is -1.83. The van der Waals surface area contributed by atoms with Gasteiger partial charge in [0.25, 0.3) is 0 Å². The molecule has 2 rings (SSSR count). The van der Waals surface area contributed by atoms with E-state index in [0.717, 1.165) is 18.5 Å². The molecule has 0 aliphatic heterocycles. The Morgan fingerprint density at radius 2 is 1.79 bits per heavy atom. The van der Waals surface area contributed by atoms with Crippen LogP contribution in [0.1, 0.15) is 30.5 Å². The fourth-order valence-electron chi connectivity index (χ4n) is 2.40. The first-order valence-electron chi connectivity index (χ1n) is 7.70. The van der Waals surface area contributed by atoms with Crippen molar-refractivity contribution in [2.24, 2.45) is 10.7 Å². The second kappa shape index (κ2) is 9.46. The number of guanidine groups is 1. The third kappa shape index (κ3) is 5.09. The van der Waals surface area contributed by atoms with Gasteiger partial charge in [-0.2, -0.15) is 0 Å². The summed E-state index contributed by atoms with van der Waals surface area (Å²) in [5.41, 5.74) is 9.96. The summed E-state index contributed by atoms with van der Waals surface area (Å²) < 4.78 is 13.3. The van der Waals surface area contributed by atoms with E-state index in [4.69, 9.17) is 5.73 Å². The Bertz CT molecular complexity index is 697. The maximum absolute atomic E-state index is 13.3. The van der Waals surface area contributed by atoms with Crippen LogP contribution in [0.2, 0.25) is 0 Å². The number of benzene rings is 2. The average Bonchev–Trinajstić information content (AvgIpc) is 2.56. The molecule has 24 heavy (non-hydrogen) atoms. The number of phenolic OH excluding ortho intramolecular Hbond substituents is 1. The Morgan fingerprint density at radius 3 is 2.33 bits per heavy atom. The maximum atomic E-state index is 13.3. The zero-order valence-electron chi connectivity index (χ0n) is 13.8. The monoisotopic (exact) mass is 443 g/mol. The van der Waals surface area contributed by atoms with Gasteiger partial charge in [-0.25, -0.2) is 9.38 Å². The van der Waals surface area contributed by atoms with E-state index in [0.29, 0.717) is 5.56 Å². The van der Waals surface area contributed by atoms with Crippen LogP contribution in [0, 0.1) is 5.82 Å². The zero-order chi connectivity index (χ0) is 16.8. The van der Waals surface area contributed by atoms with Crippen molar-refractivity contribution >= 4 is 35.6 Å². The molecule has 0 bridgehead atoms. The topological polar surface area (TPSA) is 70.6 Å². The standard InChI is InChI=1S/C18H22FN3O.HI/c1-3-13-6-5-7-14(4-2)17(13)22-18(20)21-11-12-8-9-16(23)15(19)10-12;/h5-10,23H,3-4,11H2,1-2H3,(H3,20,21,22);1H. The fourth-order valence-corrected chi connectivity index (χ4v) is 2.40. The summed E-state index contributed by atoms with van der Waals surface area (Å²) in [5, 5.41) is 12.3. The van der Waals surface area contributed by atoms with Crippen LogP contribution in [0.25, 0.3) is 0 Å². The highest BCUT2D eigenvalue weighted by atomic mass is 127. The normalized spacial score (nSPS) is 11.0. The number of halogens is 2. The van der Waals surface area contributed by atoms with Crippen LogP contribution in [0.5, 0.6) is 5.75 Å². The van der Waals surface area contributed by atoms with E-state index in [-0.39, 0.29) is 42.2 Å². The molecular formula is C18H23FIN3O. The van der Waals surface area contributed by atoms with Gasteiger partial charge in [-0.1, -0.05) is 38.1 Å². The van der Waals surface area contributed by atoms with E-state index in [1.165, 1.54) is 23.3 Å². The van der Waals surface area contributed by atoms with E-state index in [1.54, 1.807) is 6.07 Å². The van der Waals surface area contributed by atoms with Crippen LogP contribution in [0.4, 0.5) is 10.1 Å². The number of nitrogens with two attached hydrogens (primary N) is 1. The summed E-state index contributed by atoms with van der Waals surface area (Å²) in [4.78, 5) is 4.25. The van der Waals surface area contributed by atoms with E-state index in [9.17, 15) is 9.50 Å². The Kier molecular flexibility index (Phi) is 7.97. The Balaban J connectivity index is 0.00000288. The van der Waals surface area contributed by atoms with Gasteiger partial charge >= 0.3 is 0 Å². The molecule has 2 aromatic rings. The minimum absolute atomic E-state index is 0. The summed E-state index contributed by atoms with van der Waals surface area (Å²) in [6.07, 6.45) is 1.79. The summed E-state index contributed by atoms with van der Waals surface area (Å²) >= 11 is 0. The molecule has 0 unspecified atom stereocenters. The number of hydrogen-bond donors (Lipinski definition) is 3. The highest BCUT2D eigenvalue weighted by molar-refractivity contribution is 14.0. The predicted molar refractivity (Wildman–Crippen MR) is 108 cm³/mol. The molecule has 0 spiro atoms. The summed E-state index contributed by atoms with van der Waals surface area (Å²) in [6.45, 7) is 4.42. The minimum atomic E-state index is -0.658. The average molecular weight is 443 g/mol. The number of aromatic hydroxyl groups is 1. The van der Waals surface area contributed by atoms with Gasteiger partial charge in [-0.3, -0.25) is 0 Å². The van der Waals surface area contributed by atoms with Gasteiger partial charge in [0.1, 0.15) is 0 Å². The molecule has 0 amide bonds. The molecule has 0 aliphatic carbocycles. The molecule has 4 nitrogen and oxygen atoms in total. The van der Waals surface area contributed by atoms with Crippen LogP contribution in [0.15, 0.2) is 41.4 Å². The molecule has 6 heteroatoms. The second-order valence-corrected chi connectivity index (χ2v) is 5.27. The lowest BCUT2D eigenvalue weighted by molar-refractivity contribution is 0.432. The van der Waals surface area contributed by atoms with Crippen molar-refractivity contribution in [1.29, 1.82) is 0 Å². The number of rotatable bonds is 5. The Morgan fingerprint density at radius 1 is 1.17 bits per heavy atom. The lowest BCUT2D eigenvalue weighted by Gasteiger charge is -2.14. The third-order valence-electron chi connectivity index (χ3n) is 3.70. The molecule has 0 heterocycles. The molecule has 4 N–H and O–H groups in total. The SMILES string of the molecule is CCc1cccc(CC)c1NC(N)=NCc1ccc(O)c(F)c1.I. The van der Waals surface area contributed by atoms with Gasteiger partial charge < -0.3 is 16.2 Å². The van der Waals surface area contributed by atoms with Crippen LogP contribution in [-0.2, 0) is 19.4 Å². The van der Waals surface area contributed by atoms with E-state index >= 15 is 0 Å². The van der Waals surface area contributed by atoms with Crippen LogP contribution >= 0.6 is 24.0 Å². The van der Waals surface area contributed by atoms with Crippen molar-refractivity contribution in [1.82, 2.24) is 0 Å². The molecule has 130 valence electrons. The number of nitrogens with one attached hydrogen (secondary N) is 1. The van der Waals surface area contributed by atoms with E-state index in [1.807, 2.05) is 6.07 Å². The summed E-state index contributed by atoms with van der Waals surface area (Å²) in [6, 6.07) is 10.3. The molecule has 0 saturated heterocycles. The number of aryl methyl sites for hydroxylation is 2. The molecule has 2 aromatic carbocycles. The second-order valence-electron chi connectivity index (χ2n) is 5.27. The molecule has 0 fully saturated rings. The first-order chi connectivity index (χ1) is 11.0. The molecular weight excluding hydrogens is 420 g/mol. The quantitative estimate of drug-likeness (QED) is 0.369. The lowest BCUT2D eigenvalue weighted by atomic mass is 10.0. The van der Waals surface area contributed by atoms with E-state index in [2.05, 4.69) is 36.3 Å². The number of para-hydroxylation sites is 1. The fraction of sp³-hybridized carbons (Fsp3) is 0.278. The number of anilines is 1. The largest absolute Gasteiger partial charge is 0.505 e. The molecule has 0 atom stereocenters. The lowest BCUT2D eigenvalue weighted by Crippen LogP contribution is -2.24. The molecule has 0 radical (unpaired) electrons. The van der Waals surface area contributed by atoms with Crippen molar-refractivity contribution in [2.45, 2.75) is 33.2 Å². The first-order valence-corrected chi connectivity index (χ1v) is 7.70. The maximum Gasteiger partial charge on any atom is 0.193 e. The smallest absolute Gasteiger partial charge is 0.193 e. The van der Waals surface area contributed by atoms with Crippen molar-refractivity contribution in [2.75, 3.05) is 5.32 Å². The molecule has 0 saturated carbocycles. The number of phenols is 1. The Labute approximate surface area is 159 Å². The predicted octanol–water partition coefficient (Wildman–Crippen LogP) is 4.20. The highest BCUT2D eigenvalue weighted by Crippen LogP contribution is 2.22. The zero-order valence-corrected chi connectivity index (χ0v) is 16.2. The van der Waals surface area contributed by atoms with Crippen molar-refractivity contribution < 1.29 is 9.50 Å². The van der Waals surface area contributed by atoms with Gasteiger partial charge in [-0.05, 0) is 41.7 Å². The van der Waals surface area contributed by atoms with Crippen LogP contribution in [-0.4, -0.2) is 11.1 Å². The van der Waals surface area contributed by atoms with Gasteiger partial charge in [-0.15, -0.1) is 24.0 Å². The van der Waals surface area contributed by atoms with Crippen molar-refractivity contribution in [3.63, 3.8) is 0 Å². The van der Waals surface area contributed by atoms with Gasteiger partial charge in [0.2, 0.25) is 0 Å². The van der Waals surface area contributed by atoms with Crippen molar-refractivity contribution in [3.8, 4) is 5.75 Å². The summed E-state index contributed by atoms with van der Waals surface area (Å²) in [7, 11) is 0. The minimum Gasteiger partial charge on any atom is -0.505 e. The number of nitrogens with zero attached hydrogens (tertiary/aromatic N) is 1. The summed E-state index contributed by atoms with van der Waals surface area (Å²) in [5.74, 6) is -0.740.